The van der Waals surface area contributed by atoms with Gasteiger partial charge in [0.05, 0.1) is 16.7 Å². The number of nitrogens with zero attached hydrogens (tertiary/aromatic N) is 2. The summed E-state index contributed by atoms with van der Waals surface area (Å²) in [6.07, 6.45) is 0. The van der Waals surface area contributed by atoms with Crippen LogP contribution >= 0.6 is 0 Å². The summed E-state index contributed by atoms with van der Waals surface area (Å²) in [5.41, 5.74) is 5.44. The molecular weight excluding hydrogens is 428 g/mol. The molecule has 0 aliphatic rings. The van der Waals surface area contributed by atoms with Gasteiger partial charge in [0.15, 0.2) is 0 Å². The Hall–Kier alpha value is -4.26. The maximum absolute atomic E-state index is 13.7. The van der Waals surface area contributed by atoms with Gasteiger partial charge in [-0.15, -0.1) is 0 Å². The minimum Gasteiger partial charge on any atom is -0.326 e. The second-order valence-electron chi connectivity index (χ2n) is 8.39. The van der Waals surface area contributed by atoms with E-state index in [9.17, 15) is 14.4 Å². The standard InChI is InChI=1S/C27H26N4O3/c1-16-12-13-21(28-19(4)32)20(14-16)26-27(34)31(23-11-6-5-10-22(23)29-26)15-24(33)30-25-17(2)8-7-9-18(25)3/h5-14H,15H2,1-4H3,(H,28,32)(H,30,33). The van der Waals surface area contributed by atoms with Gasteiger partial charge in [-0.05, 0) is 56.2 Å². The molecule has 2 N–H and O–H groups in total. The number of fused-ring (bicyclic) bond motifs is 1. The van der Waals surface area contributed by atoms with Gasteiger partial charge in [-0.3, -0.25) is 19.0 Å². The van der Waals surface area contributed by atoms with Gasteiger partial charge in [0, 0.05) is 18.2 Å². The molecule has 0 radical (unpaired) electrons. The molecule has 4 rings (SSSR count). The zero-order valence-electron chi connectivity index (χ0n) is 19.6. The molecule has 172 valence electrons. The number of para-hydroxylation sites is 3. The first kappa shape index (κ1) is 22.9. The van der Waals surface area contributed by atoms with Crippen molar-refractivity contribution in [2.45, 2.75) is 34.2 Å². The summed E-state index contributed by atoms with van der Waals surface area (Å²) in [5.74, 6) is -0.563. The molecule has 7 nitrogen and oxygen atoms in total. The molecule has 0 bridgehead atoms. The van der Waals surface area contributed by atoms with Crippen LogP contribution in [0.3, 0.4) is 0 Å². The number of carbonyl (C=O) groups is 2. The number of aryl methyl sites for hydroxylation is 3. The number of rotatable bonds is 5. The predicted molar refractivity (Wildman–Crippen MR) is 135 cm³/mol. The minimum atomic E-state index is -0.410. The topological polar surface area (TPSA) is 93.1 Å². The number of hydrogen-bond donors (Lipinski definition) is 2. The summed E-state index contributed by atoms with van der Waals surface area (Å²) in [7, 11) is 0. The van der Waals surface area contributed by atoms with Crippen molar-refractivity contribution in [3.05, 3.63) is 87.7 Å². The molecule has 0 aliphatic heterocycles. The fourth-order valence-corrected chi connectivity index (χ4v) is 4.01. The maximum Gasteiger partial charge on any atom is 0.278 e. The first-order chi connectivity index (χ1) is 16.2. The molecule has 0 atom stereocenters. The number of benzene rings is 3. The molecule has 0 fully saturated rings. The molecule has 4 aromatic rings. The van der Waals surface area contributed by atoms with Crippen molar-refractivity contribution in [1.29, 1.82) is 0 Å². The Kier molecular flexibility index (Phi) is 6.27. The predicted octanol–water partition coefficient (Wildman–Crippen LogP) is 4.59. The summed E-state index contributed by atoms with van der Waals surface area (Å²) >= 11 is 0. The zero-order chi connectivity index (χ0) is 24.4. The number of aromatic nitrogens is 2. The van der Waals surface area contributed by atoms with Crippen LogP contribution in [0.4, 0.5) is 11.4 Å². The Labute approximate surface area is 197 Å². The van der Waals surface area contributed by atoms with Crippen molar-refractivity contribution in [2.75, 3.05) is 10.6 Å². The first-order valence-electron chi connectivity index (χ1n) is 11.0. The van der Waals surface area contributed by atoms with Crippen LogP contribution < -0.4 is 16.2 Å². The molecule has 2 amide bonds. The van der Waals surface area contributed by atoms with Gasteiger partial charge in [-0.25, -0.2) is 4.98 Å². The molecule has 34 heavy (non-hydrogen) atoms. The van der Waals surface area contributed by atoms with Crippen LogP contribution in [0.25, 0.3) is 22.3 Å². The van der Waals surface area contributed by atoms with E-state index in [1.54, 1.807) is 24.3 Å². The van der Waals surface area contributed by atoms with Crippen LogP contribution in [-0.2, 0) is 16.1 Å². The van der Waals surface area contributed by atoms with Gasteiger partial charge < -0.3 is 10.6 Å². The maximum atomic E-state index is 13.7. The van der Waals surface area contributed by atoms with E-state index in [1.807, 2.05) is 57.2 Å². The summed E-state index contributed by atoms with van der Waals surface area (Å²) in [4.78, 5) is 43.1. The quantitative estimate of drug-likeness (QED) is 0.461. The largest absolute Gasteiger partial charge is 0.326 e. The van der Waals surface area contributed by atoms with Gasteiger partial charge in [0.25, 0.3) is 5.56 Å². The molecule has 0 spiro atoms. The SMILES string of the molecule is CC(=O)Nc1ccc(C)cc1-c1nc2ccccc2n(CC(=O)Nc2c(C)cccc2C)c1=O. The van der Waals surface area contributed by atoms with E-state index in [0.717, 1.165) is 22.4 Å². The number of carbonyl (C=O) groups excluding carboxylic acids is 2. The lowest BCUT2D eigenvalue weighted by atomic mass is 10.1. The van der Waals surface area contributed by atoms with E-state index in [4.69, 9.17) is 0 Å². The Morgan fingerprint density at radius 2 is 1.62 bits per heavy atom. The van der Waals surface area contributed by atoms with Gasteiger partial charge in [-0.2, -0.15) is 0 Å². The number of anilines is 2. The van der Waals surface area contributed by atoms with E-state index in [2.05, 4.69) is 15.6 Å². The van der Waals surface area contributed by atoms with Crippen LogP contribution in [0.1, 0.15) is 23.6 Å². The van der Waals surface area contributed by atoms with Crippen LogP contribution in [0, 0.1) is 20.8 Å². The van der Waals surface area contributed by atoms with Gasteiger partial charge in [-0.1, -0.05) is 42.0 Å². The third-order valence-electron chi connectivity index (χ3n) is 5.64. The van der Waals surface area contributed by atoms with Crippen molar-refractivity contribution in [3.63, 3.8) is 0 Å². The van der Waals surface area contributed by atoms with Gasteiger partial charge in [0.1, 0.15) is 12.2 Å². The van der Waals surface area contributed by atoms with Crippen molar-refractivity contribution < 1.29 is 9.59 Å². The van der Waals surface area contributed by atoms with Gasteiger partial charge in [0.2, 0.25) is 11.8 Å². The van der Waals surface area contributed by atoms with Crippen LogP contribution in [-0.4, -0.2) is 21.4 Å². The van der Waals surface area contributed by atoms with Crippen molar-refractivity contribution in [3.8, 4) is 11.3 Å². The van der Waals surface area contributed by atoms with Crippen molar-refractivity contribution in [1.82, 2.24) is 9.55 Å². The highest BCUT2D eigenvalue weighted by atomic mass is 16.2. The normalized spacial score (nSPS) is 10.8. The van der Waals surface area contributed by atoms with Crippen molar-refractivity contribution in [2.24, 2.45) is 0 Å². The molecule has 0 aliphatic carbocycles. The van der Waals surface area contributed by atoms with E-state index < -0.39 is 5.56 Å². The zero-order valence-corrected chi connectivity index (χ0v) is 19.6. The third-order valence-corrected chi connectivity index (χ3v) is 5.64. The Morgan fingerprint density at radius 1 is 0.912 bits per heavy atom. The molecule has 1 heterocycles. The van der Waals surface area contributed by atoms with E-state index >= 15 is 0 Å². The monoisotopic (exact) mass is 454 g/mol. The molecule has 1 aromatic heterocycles. The fraction of sp³-hybridized carbons (Fsp3) is 0.185. The molecule has 0 saturated carbocycles. The molecular formula is C27H26N4O3. The summed E-state index contributed by atoms with van der Waals surface area (Å²) in [5, 5.41) is 5.72. The van der Waals surface area contributed by atoms with E-state index in [-0.39, 0.29) is 24.1 Å². The Morgan fingerprint density at radius 3 is 2.32 bits per heavy atom. The number of hydrogen-bond acceptors (Lipinski definition) is 4. The highest BCUT2D eigenvalue weighted by Gasteiger charge is 2.18. The van der Waals surface area contributed by atoms with Crippen molar-refractivity contribution >= 4 is 34.2 Å². The first-order valence-corrected chi connectivity index (χ1v) is 11.0. The van der Waals surface area contributed by atoms with Crippen LogP contribution in [0.2, 0.25) is 0 Å². The third kappa shape index (κ3) is 4.59. The molecule has 3 aromatic carbocycles. The average molecular weight is 455 g/mol. The van der Waals surface area contributed by atoms with E-state index in [0.29, 0.717) is 22.3 Å². The van der Waals surface area contributed by atoms with Gasteiger partial charge >= 0.3 is 0 Å². The molecule has 0 saturated heterocycles. The number of nitrogens with one attached hydrogen (secondary N) is 2. The van der Waals surface area contributed by atoms with Crippen LogP contribution in [0.5, 0.6) is 0 Å². The number of amides is 2. The minimum absolute atomic E-state index is 0.172. The summed E-state index contributed by atoms with van der Waals surface area (Å²) in [6, 6.07) is 18.4. The molecule has 0 unspecified atom stereocenters. The molecule has 7 heteroatoms. The van der Waals surface area contributed by atoms with E-state index in [1.165, 1.54) is 11.5 Å². The smallest absolute Gasteiger partial charge is 0.278 e. The fourth-order valence-electron chi connectivity index (χ4n) is 4.01. The highest BCUT2D eigenvalue weighted by Crippen LogP contribution is 2.27. The lowest BCUT2D eigenvalue weighted by Gasteiger charge is -2.16. The Bertz CT molecular complexity index is 1470. The lowest BCUT2D eigenvalue weighted by molar-refractivity contribution is -0.117. The Balaban J connectivity index is 1.84. The van der Waals surface area contributed by atoms with Crippen LogP contribution in [0.15, 0.2) is 65.5 Å². The summed E-state index contributed by atoms with van der Waals surface area (Å²) < 4.78 is 1.43. The average Bonchev–Trinajstić information content (AvgIpc) is 2.79. The second kappa shape index (κ2) is 9.31. The summed E-state index contributed by atoms with van der Waals surface area (Å²) in [6.45, 7) is 6.99. The highest BCUT2D eigenvalue weighted by molar-refractivity contribution is 5.95. The lowest BCUT2D eigenvalue weighted by Crippen LogP contribution is -2.30. The second-order valence-corrected chi connectivity index (χ2v) is 8.39.